The van der Waals surface area contributed by atoms with E-state index in [1.165, 1.54) is 6.33 Å². The van der Waals surface area contributed by atoms with Gasteiger partial charge < -0.3 is 14.8 Å². The summed E-state index contributed by atoms with van der Waals surface area (Å²) in [6, 6.07) is 9.91. The van der Waals surface area contributed by atoms with Crippen molar-refractivity contribution in [1.29, 1.82) is 0 Å². The first-order chi connectivity index (χ1) is 11.8. The van der Waals surface area contributed by atoms with Gasteiger partial charge in [0.05, 0.1) is 31.9 Å². The van der Waals surface area contributed by atoms with E-state index in [2.05, 4.69) is 15.4 Å². The van der Waals surface area contributed by atoms with Crippen molar-refractivity contribution >= 4 is 5.91 Å². The van der Waals surface area contributed by atoms with Crippen molar-refractivity contribution in [1.82, 2.24) is 20.1 Å². The fourth-order valence-corrected chi connectivity index (χ4v) is 2.67. The van der Waals surface area contributed by atoms with Gasteiger partial charge in [0.1, 0.15) is 12.7 Å². The van der Waals surface area contributed by atoms with Crippen LogP contribution in [0.3, 0.4) is 0 Å². The summed E-state index contributed by atoms with van der Waals surface area (Å²) in [5.41, 5.74) is 1.13. The molecule has 2 aromatic rings. The number of carbonyl (C=O) groups is 1. The summed E-state index contributed by atoms with van der Waals surface area (Å²) in [5, 5.41) is 7.01. The number of carbonyl (C=O) groups excluding carboxylic acids is 1. The van der Waals surface area contributed by atoms with Gasteiger partial charge in [-0.1, -0.05) is 30.3 Å². The molecule has 1 aliphatic heterocycles. The number of ether oxygens (including phenoxy) is 2. The molecule has 2 atom stereocenters. The minimum Gasteiger partial charge on any atom is -0.379 e. The van der Waals surface area contributed by atoms with Gasteiger partial charge in [0.2, 0.25) is 5.91 Å². The molecule has 0 saturated carbocycles. The van der Waals surface area contributed by atoms with Crippen LogP contribution in [0, 0.1) is 0 Å². The summed E-state index contributed by atoms with van der Waals surface area (Å²) in [6.45, 7) is 2.19. The Balaban J connectivity index is 1.47. The normalized spacial score (nSPS) is 20.7. The van der Waals surface area contributed by atoms with Crippen LogP contribution < -0.4 is 5.32 Å². The molecule has 0 spiro atoms. The summed E-state index contributed by atoms with van der Waals surface area (Å²) in [6.07, 6.45) is 4.16. The average Bonchev–Trinajstić information content (AvgIpc) is 3.14. The Morgan fingerprint density at radius 3 is 3.04 bits per heavy atom. The molecule has 1 amide bonds. The molecule has 1 aromatic carbocycles. The van der Waals surface area contributed by atoms with Gasteiger partial charge >= 0.3 is 0 Å². The Labute approximate surface area is 141 Å². The fraction of sp³-hybridized carbons (Fsp3) is 0.471. The van der Waals surface area contributed by atoms with E-state index in [9.17, 15) is 4.79 Å². The predicted octanol–water partition coefficient (Wildman–Crippen LogP) is 1.16. The van der Waals surface area contributed by atoms with Crippen LogP contribution in [-0.2, 0) is 27.4 Å². The summed E-state index contributed by atoms with van der Waals surface area (Å²) < 4.78 is 13.1. The maximum absolute atomic E-state index is 12.1. The molecule has 24 heavy (non-hydrogen) atoms. The van der Waals surface area contributed by atoms with Crippen molar-refractivity contribution in [2.45, 2.75) is 38.1 Å². The standard InChI is InChI=1S/C17H22N4O3/c22-17(6-8-21-13-18-12-19-21)20-15-11-23-9-7-16(15)24-10-14-4-2-1-3-5-14/h1-5,12-13,15-16H,6-11H2,(H,20,22)/t15-,16+/m1/s1. The Hall–Kier alpha value is -2.25. The van der Waals surface area contributed by atoms with E-state index in [1.54, 1.807) is 11.0 Å². The number of benzene rings is 1. The van der Waals surface area contributed by atoms with Gasteiger partial charge in [0.25, 0.3) is 0 Å². The Morgan fingerprint density at radius 1 is 1.38 bits per heavy atom. The number of nitrogens with one attached hydrogen (secondary N) is 1. The highest BCUT2D eigenvalue weighted by Gasteiger charge is 2.27. The molecule has 1 aliphatic rings. The minimum absolute atomic E-state index is 0.0330. The van der Waals surface area contributed by atoms with Crippen molar-refractivity contribution in [2.24, 2.45) is 0 Å². The van der Waals surface area contributed by atoms with Gasteiger partial charge in [-0.2, -0.15) is 5.10 Å². The number of amides is 1. The lowest BCUT2D eigenvalue weighted by atomic mass is 10.1. The Bertz CT molecular complexity index is 618. The van der Waals surface area contributed by atoms with Crippen LogP contribution in [-0.4, -0.2) is 46.0 Å². The van der Waals surface area contributed by atoms with Gasteiger partial charge in [-0.15, -0.1) is 0 Å². The monoisotopic (exact) mass is 330 g/mol. The average molecular weight is 330 g/mol. The summed E-state index contributed by atoms with van der Waals surface area (Å²) in [5.74, 6) is -0.0330. The Morgan fingerprint density at radius 2 is 2.25 bits per heavy atom. The first kappa shape index (κ1) is 16.6. The third-order valence-electron chi connectivity index (χ3n) is 3.98. The zero-order chi connectivity index (χ0) is 16.6. The van der Waals surface area contributed by atoms with E-state index in [1.807, 2.05) is 30.3 Å². The van der Waals surface area contributed by atoms with Crippen molar-refractivity contribution in [3.8, 4) is 0 Å². The summed E-state index contributed by atoms with van der Waals surface area (Å²) in [7, 11) is 0. The van der Waals surface area contributed by atoms with Crippen LogP contribution in [0.1, 0.15) is 18.4 Å². The predicted molar refractivity (Wildman–Crippen MR) is 87.0 cm³/mol. The number of aromatic nitrogens is 3. The minimum atomic E-state index is -0.120. The molecule has 1 N–H and O–H groups in total. The fourth-order valence-electron chi connectivity index (χ4n) is 2.67. The first-order valence-electron chi connectivity index (χ1n) is 8.16. The molecule has 0 aliphatic carbocycles. The molecule has 2 heterocycles. The van der Waals surface area contributed by atoms with Crippen LogP contribution >= 0.6 is 0 Å². The van der Waals surface area contributed by atoms with Crippen LogP contribution in [0.5, 0.6) is 0 Å². The van der Waals surface area contributed by atoms with E-state index in [0.29, 0.717) is 32.8 Å². The smallest absolute Gasteiger partial charge is 0.222 e. The molecule has 1 fully saturated rings. The molecule has 1 aromatic heterocycles. The molecule has 7 nitrogen and oxygen atoms in total. The molecule has 128 valence electrons. The SMILES string of the molecule is O=C(CCn1cncn1)N[C@@H]1COCC[C@@H]1OCc1ccccc1. The highest BCUT2D eigenvalue weighted by molar-refractivity contribution is 5.76. The molecule has 1 saturated heterocycles. The van der Waals surface area contributed by atoms with Crippen molar-refractivity contribution in [3.63, 3.8) is 0 Å². The van der Waals surface area contributed by atoms with E-state index < -0.39 is 0 Å². The van der Waals surface area contributed by atoms with E-state index >= 15 is 0 Å². The van der Waals surface area contributed by atoms with Gasteiger partial charge in [0.15, 0.2) is 0 Å². The van der Waals surface area contributed by atoms with Gasteiger partial charge in [-0.25, -0.2) is 4.98 Å². The lowest BCUT2D eigenvalue weighted by molar-refractivity contribution is -0.126. The summed E-state index contributed by atoms with van der Waals surface area (Å²) >= 11 is 0. The summed E-state index contributed by atoms with van der Waals surface area (Å²) in [4.78, 5) is 16.0. The Kier molecular flexibility index (Phi) is 5.92. The van der Waals surface area contributed by atoms with Crippen LogP contribution in [0.15, 0.2) is 43.0 Å². The molecule has 3 rings (SSSR count). The second kappa shape index (κ2) is 8.56. The quantitative estimate of drug-likeness (QED) is 0.824. The second-order valence-corrected chi connectivity index (χ2v) is 5.78. The van der Waals surface area contributed by atoms with Gasteiger partial charge in [-0.3, -0.25) is 9.48 Å². The van der Waals surface area contributed by atoms with Crippen molar-refractivity contribution < 1.29 is 14.3 Å². The molecule has 0 bridgehead atoms. The van der Waals surface area contributed by atoms with Crippen LogP contribution in [0.2, 0.25) is 0 Å². The molecule has 0 radical (unpaired) electrons. The number of rotatable bonds is 7. The van der Waals surface area contributed by atoms with Crippen molar-refractivity contribution in [2.75, 3.05) is 13.2 Å². The number of hydrogen-bond donors (Lipinski definition) is 1. The van der Waals surface area contributed by atoms with Gasteiger partial charge in [-0.05, 0) is 12.0 Å². The zero-order valence-electron chi connectivity index (χ0n) is 13.5. The van der Waals surface area contributed by atoms with E-state index in [-0.39, 0.29) is 18.1 Å². The lowest BCUT2D eigenvalue weighted by Crippen LogP contribution is -2.50. The highest BCUT2D eigenvalue weighted by Crippen LogP contribution is 2.14. The van der Waals surface area contributed by atoms with Crippen LogP contribution in [0.4, 0.5) is 0 Å². The highest BCUT2D eigenvalue weighted by atomic mass is 16.5. The molecular formula is C17H22N4O3. The number of aryl methyl sites for hydroxylation is 1. The molecular weight excluding hydrogens is 308 g/mol. The molecule has 0 unspecified atom stereocenters. The van der Waals surface area contributed by atoms with E-state index in [0.717, 1.165) is 12.0 Å². The van der Waals surface area contributed by atoms with E-state index in [4.69, 9.17) is 9.47 Å². The lowest BCUT2D eigenvalue weighted by Gasteiger charge is -2.32. The number of hydrogen-bond acceptors (Lipinski definition) is 5. The second-order valence-electron chi connectivity index (χ2n) is 5.78. The molecule has 7 heteroatoms. The van der Waals surface area contributed by atoms with Crippen LogP contribution in [0.25, 0.3) is 0 Å². The number of nitrogens with zero attached hydrogens (tertiary/aromatic N) is 3. The third-order valence-corrected chi connectivity index (χ3v) is 3.98. The maximum Gasteiger partial charge on any atom is 0.222 e. The third kappa shape index (κ3) is 4.87. The van der Waals surface area contributed by atoms with Crippen molar-refractivity contribution in [3.05, 3.63) is 48.5 Å². The maximum atomic E-state index is 12.1. The topological polar surface area (TPSA) is 78.3 Å². The largest absolute Gasteiger partial charge is 0.379 e. The van der Waals surface area contributed by atoms with Gasteiger partial charge in [0, 0.05) is 13.0 Å². The zero-order valence-corrected chi connectivity index (χ0v) is 13.5. The first-order valence-corrected chi connectivity index (χ1v) is 8.16.